The van der Waals surface area contributed by atoms with Gasteiger partial charge in [-0.2, -0.15) is 0 Å². The zero-order chi connectivity index (χ0) is 13.8. The first-order valence-corrected chi connectivity index (χ1v) is 7.12. The van der Waals surface area contributed by atoms with Gasteiger partial charge in [0.15, 0.2) is 5.69 Å². The maximum absolute atomic E-state index is 12.0. The van der Waals surface area contributed by atoms with E-state index in [1.165, 1.54) is 19.1 Å². The monoisotopic (exact) mass is 265 g/mol. The fourth-order valence-corrected chi connectivity index (χ4v) is 2.40. The fraction of sp³-hybridized carbons (Fsp3) is 0.714. The van der Waals surface area contributed by atoms with Crippen LogP contribution < -0.4 is 11.1 Å². The van der Waals surface area contributed by atoms with Gasteiger partial charge in [-0.25, -0.2) is 4.98 Å². The summed E-state index contributed by atoms with van der Waals surface area (Å²) in [4.78, 5) is 16.2. The zero-order valence-corrected chi connectivity index (χ0v) is 11.7. The van der Waals surface area contributed by atoms with Gasteiger partial charge in [-0.3, -0.25) is 4.79 Å². The summed E-state index contributed by atoms with van der Waals surface area (Å²) in [6.45, 7) is 4.21. The summed E-state index contributed by atoms with van der Waals surface area (Å²) in [5.74, 6) is 1.05. The van der Waals surface area contributed by atoms with Crippen molar-refractivity contribution in [2.24, 2.45) is 11.7 Å². The van der Waals surface area contributed by atoms with Crippen LogP contribution in [0.25, 0.3) is 0 Å². The lowest BCUT2D eigenvalue weighted by Gasteiger charge is -2.26. The predicted molar refractivity (Wildman–Crippen MR) is 72.6 cm³/mol. The highest BCUT2D eigenvalue weighted by Crippen LogP contribution is 2.23. The van der Waals surface area contributed by atoms with Gasteiger partial charge in [0.25, 0.3) is 5.91 Å². The Labute approximate surface area is 114 Å². The van der Waals surface area contributed by atoms with Crippen molar-refractivity contribution in [3.63, 3.8) is 0 Å². The summed E-state index contributed by atoms with van der Waals surface area (Å²) in [6.07, 6.45) is 6.58. The van der Waals surface area contributed by atoms with E-state index in [1.807, 2.05) is 6.92 Å². The highest BCUT2D eigenvalue weighted by Gasteiger charge is 2.22. The molecule has 0 aromatic carbocycles. The topological polar surface area (TPSA) is 81.1 Å². The second-order valence-corrected chi connectivity index (χ2v) is 5.52. The van der Waals surface area contributed by atoms with Gasteiger partial charge in [0, 0.05) is 6.04 Å². The van der Waals surface area contributed by atoms with Crippen LogP contribution in [0.1, 0.15) is 68.4 Å². The predicted octanol–water partition coefficient (Wildman–Crippen LogP) is 2.39. The van der Waals surface area contributed by atoms with Crippen molar-refractivity contribution >= 4 is 5.91 Å². The van der Waals surface area contributed by atoms with Gasteiger partial charge in [-0.1, -0.05) is 13.8 Å². The number of rotatable bonds is 4. The van der Waals surface area contributed by atoms with Gasteiger partial charge in [0.05, 0.1) is 6.04 Å². The number of nitrogens with one attached hydrogen (secondary N) is 1. The lowest BCUT2D eigenvalue weighted by Crippen LogP contribution is -2.37. The number of carbonyl (C=O) groups is 1. The van der Waals surface area contributed by atoms with Crippen molar-refractivity contribution < 1.29 is 9.21 Å². The normalized spacial score (nSPS) is 25.0. The van der Waals surface area contributed by atoms with Crippen molar-refractivity contribution in [2.75, 3.05) is 0 Å². The minimum absolute atomic E-state index is 0.155. The van der Waals surface area contributed by atoms with Crippen molar-refractivity contribution in [2.45, 2.75) is 58.0 Å². The van der Waals surface area contributed by atoms with Gasteiger partial charge < -0.3 is 15.5 Å². The summed E-state index contributed by atoms with van der Waals surface area (Å²) in [5, 5.41) is 3.02. The van der Waals surface area contributed by atoms with E-state index in [2.05, 4.69) is 17.2 Å². The number of nitrogens with zero attached hydrogens (tertiary/aromatic N) is 1. The van der Waals surface area contributed by atoms with Crippen LogP contribution in [0.15, 0.2) is 10.7 Å². The van der Waals surface area contributed by atoms with Crippen LogP contribution in [0, 0.1) is 5.92 Å². The standard InChI is InChI=1S/C14H23N3O2/c1-3-11(15)14-17-12(8-19-14)13(18)16-10-6-4-9(2)5-7-10/h8-11H,3-7,15H2,1-2H3,(H,16,18). The van der Waals surface area contributed by atoms with E-state index in [1.54, 1.807) is 0 Å². The minimum atomic E-state index is -0.239. The molecule has 0 spiro atoms. The number of oxazole rings is 1. The molecule has 0 saturated heterocycles. The zero-order valence-electron chi connectivity index (χ0n) is 11.7. The van der Waals surface area contributed by atoms with Crippen LogP contribution in [0.4, 0.5) is 0 Å². The van der Waals surface area contributed by atoms with E-state index in [0.29, 0.717) is 11.6 Å². The van der Waals surface area contributed by atoms with Crippen molar-refractivity contribution in [1.29, 1.82) is 0 Å². The third-order valence-corrected chi connectivity index (χ3v) is 3.86. The molecule has 1 aliphatic carbocycles. The van der Waals surface area contributed by atoms with Crippen molar-refractivity contribution in [3.8, 4) is 0 Å². The first-order valence-electron chi connectivity index (χ1n) is 7.12. The van der Waals surface area contributed by atoms with Crippen LogP contribution in [-0.2, 0) is 0 Å². The first kappa shape index (κ1) is 14.1. The molecule has 1 atom stereocenters. The quantitative estimate of drug-likeness (QED) is 0.875. The Bertz CT molecular complexity index is 422. The van der Waals surface area contributed by atoms with Gasteiger partial charge in [-0.15, -0.1) is 0 Å². The number of nitrogens with two attached hydrogens (primary N) is 1. The number of carbonyl (C=O) groups excluding carboxylic acids is 1. The Morgan fingerprint density at radius 1 is 1.53 bits per heavy atom. The summed E-state index contributed by atoms with van der Waals surface area (Å²) < 4.78 is 5.25. The van der Waals surface area contributed by atoms with Gasteiger partial charge in [0.2, 0.25) is 5.89 Å². The van der Waals surface area contributed by atoms with Crippen LogP contribution in [0.5, 0.6) is 0 Å². The van der Waals surface area contributed by atoms with Crippen LogP contribution >= 0.6 is 0 Å². The molecule has 5 heteroatoms. The Kier molecular flexibility index (Phi) is 4.58. The van der Waals surface area contributed by atoms with Crippen molar-refractivity contribution in [3.05, 3.63) is 17.8 Å². The molecule has 1 fully saturated rings. The SMILES string of the molecule is CCC(N)c1nc(C(=O)NC2CCC(C)CC2)co1. The fourth-order valence-electron chi connectivity index (χ4n) is 2.40. The molecule has 0 radical (unpaired) electrons. The molecule has 19 heavy (non-hydrogen) atoms. The van der Waals surface area contributed by atoms with E-state index in [-0.39, 0.29) is 18.0 Å². The van der Waals surface area contributed by atoms with E-state index >= 15 is 0 Å². The molecule has 3 N–H and O–H groups in total. The van der Waals surface area contributed by atoms with Gasteiger partial charge in [0.1, 0.15) is 6.26 Å². The van der Waals surface area contributed by atoms with Crippen molar-refractivity contribution in [1.82, 2.24) is 10.3 Å². The number of hydrogen-bond acceptors (Lipinski definition) is 4. The second kappa shape index (κ2) is 6.19. The highest BCUT2D eigenvalue weighted by atomic mass is 16.3. The number of hydrogen-bond donors (Lipinski definition) is 2. The van der Waals surface area contributed by atoms with Crippen LogP contribution in [0.3, 0.4) is 0 Å². The molecule has 1 saturated carbocycles. The molecule has 2 rings (SSSR count). The molecule has 106 valence electrons. The average Bonchev–Trinajstić information content (AvgIpc) is 2.90. The van der Waals surface area contributed by atoms with E-state index in [9.17, 15) is 4.79 Å². The average molecular weight is 265 g/mol. The molecule has 1 aliphatic rings. The summed E-state index contributed by atoms with van der Waals surface area (Å²) in [7, 11) is 0. The molecule has 1 aromatic rings. The molecular weight excluding hydrogens is 242 g/mol. The van der Waals surface area contributed by atoms with E-state index < -0.39 is 0 Å². The van der Waals surface area contributed by atoms with E-state index in [0.717, 1.165) is 25.2 Å². The van der Waals surface area contributed by atoms with Crippen LogP contribution in [-0.4, -0.2) is 16.9 Å². The Morgan fingerprint density at radius 3 is 2.84 bits per heavy atom. The Hall–Kier alpha value is -1.36. The number of amides is 1. The summed E-state index contributed by atoms with van der Waals surface area (Å²) in [5.41, 5.74) is 6.15. The lowest BCUT2D eigenvalue weighted by atomic mass is 9.87. The second-order valence-electron chi connectivity index (χ2n) is 5.52. The molecule has 1 heterocycles. The summed E-state index contributed by atoms with van der Waals surface area (Å²) in [6, 6.07) is 0.0285. The molecule has 1 aromatic heterocycles. The molecule has 0 aliphatic heterocycles. The Balaban J connectivity index is 1.91. The highest BCUT2D eigenvalue weighted by molar-refractivity contribution is 5.92. The van der Waals surface area contributed by atoms with Gasteiger partial charge >= 0.3 is 0 Å². The molecule has 1 amide bonds. The third-order valence-electron chi connectivity index (χ3n) is 3.86. The minimum Gasteiger partial charge on any atom is -0.446 e. The van der Waals surface area contributed by atoms with Crippen LogP contribution in [0.2, 0.25) is 0 Å². The first-order chi connectivity index (χ1) is 9.10. The largest absolute Gasteiger partial charge is 0.446 e. The summed E-state index contributed by atoms with van der Waals surface area (Å²) >= 11 is 0. The maximum Gasteiger partial charge on any atom is 0.273 e. The van der Waals surface area contributed by atoms with E-state index in [4.69, 9.17) is 10.2 Å². The molecule has 1 unspecified atom stereocenters. The third kappa shape index (κ3) is 3.56. The number of aromatic nitrogens is 1. The molecule has 5 nitrogen and oxygen atoms in total. The maximum atomic E-state index is 12.0. The van der Waals surface area contributed by atoms with Gasteiger partial charge in [-0.05, 0) is 38.0 Å². The smallest absolute Gasteiger partial charge is 0.273 e. The lowest BCUT2D eigenvalue weighted by molar-refractivity contribution is 0.0918. The Morgan fingerprint density at radius 2 is 2.21 bits per heavy atom. The molecular formula is C14H23N3O2. The molecule has 0 bridgehead atoms.